The van der Waals surface area contributed by atoms with Crippen LogP contribution >= 0.6 is 0 Å². The zero-order chi connectivity index (χ0) is 39.0. The summed E-state index contributed by atoms with van der Waals surface area (Å²) < 4.78 is 51.3. The molecule has 2 atom stereocenters. The first-order valence-electron chi connectivity index (χ1n) is 18.2. The van der Waals surface area contributed by atoms with E-state index in [4.69, 9.17) is 28.3 Å². The molecule has 0 radical (unpaired) electrons. The molecule has 0 aliphatic heterocycles. The summed E-state index contributed by atoms with van der Waals surface area (Å²) in [4.78, 5) is 35.9. The van der Waals surface area contributed by atoms with E-state index in [2.05, 4.69) is 0 Å². The number of sulfone groups is 1. The van der Waals surface area contributed by atoms with Crippen molar-refractivity contribution in [3.8, 4) is 0 Å². The summed E-state index contributed by atoms with van der Waals surface area (Å²) in [6.07, 6.45) is 0. The van der Waals surface area contributed by atoms with Crippen molar-refractivity contribution < 1.29 is 36.3 Å². The second kappa shape index (κ2) is 17.6. The quantitative estimate of drug-likeness (QED) is 0.103. The van der Waals surface area contributed by atoms with E-state index in [-0.39, 0.29) is 47.7 Å². The number of hydrogen-bond acceptors (Lipinski definition) is 10. The Morgan fingerprint density at radius 2 is 0.927 bits per heavy atom. The lowest BCUT2D eigenvalue weighted by atomic mass is 10.1. The van der Waals surface area contributed by atoms with Crippen molar-refractivity contribution in [2.24, 2.45) is 21.8 Å². The summed E-state index contributed by atoms with van der Waals surface area (Å²) in [5.41, 5.74) is 1.96. The largest absolute Gasteiger partial charge is 0.459 e. The molecule has 11 heteroatoms. The van der Waals surface area contributed by atoms with Gasteiger partial charge in [0.1, 0.15) is 36.2 Å². The van der Waals surface area contributed by atoms with Gasteiger partial charge in [-0.05, 0) is 58.0 Å². The van der Waals surface area contributed by atoms with Gasteiger partial charge < -0.3 is 18.3 Å². The molecule has 0 fully saturated rings. The second-order valence-electron chi connectivity index (χ2n) is 14.1. The lowest BCUT2D eigenvalue weighted by Crippen LogP contribution is -2.29. The van der Waals surface area contributed by atoms with E-state index in [9.17, 15) is 18.0 Å². The number of rotatable bonds is 14. The summed E-state index contributed by atoms with van der Waals surface area (Å²) in [6.45, 7) is 7.64. The van der Waals surface area contributed by atoms with Gasteiger partial charge in [-0.2, -0.15) is 0 Å². The van der Waals surface area contributed by atoms with E-state index >= 15 is 0 Å². The maximum atomic E-state index is 13.9. The molecule has 0 amide bonds. The van der Waals surface area contributed by atoms with E-state index in [1.807, 2.05) is 137 Å². The SMILES string of the molecule is CC(C)[C@H](N=c1oc(CS(=O)(=O)Cc2cc3ccccc3c(=N[C@H](C(=O)OCc3ccccc3)C(C)C)o2)cc2ccccc12)C(=O)OCc1ccccc1. The Bertz CT molecular complexity index is 2350. The zero-order valence-corrected chi connectivity index (χ0v) is 32.1. The number of carbonyl (C=O) groups excluding carboxylic acids is 2. The van der Waals surface area contributed by atoms with Crippen LogP contribution in [0.2, 0.25) is 0 Å². The van der Waals surface area contributed by atoms with Gasteiger partial charge in [-0.15, -0.1) is 0 Å². The number of nitrogens with zero attached hydrogens (tertiary/aromatic N) is 2. The molecular weight excluding hydrogens is 717 g/mol. The zero-order valence-electron chi connectivity index (χ0n) is 31.3. The second-order valence-corrected chi connectivity index (χ2v) is 16.1. The molecule has 0 aliphatic carbocycles. The van der Waals surface area contributed by atoms with Crippen LogP contribution in [0.25, 0.3) is 21.5 Å². The molecular formula is C44H44N2O8S. The molecule has 2 aromatic heterocycles. The number of hydrogen-bond donors (Lipinski definition) is 0. The summed E-state index contributed by atoms with van der Waals surface area (Å²) in [5, 5.41) is 2.66. The molecule has 55 heavy (non-hydrogen) atoms. The fourth-order valence-electron chi connectivity index (χ4n) is 6.05. The third-order valence-corrected chi connectivity index (χ3v) is 10.4. The molecule has 2 heterocycles. The van der Waals surface area contributed by atoms with Crippen molar-refractivity contribution in [3.63, 3.8) is 0 Å². The van der Waals surface area contributed by atoms with Gasteiger partial charge in [0, 0.05) is 10.8 Å². The Balaban J connectivity index is 1.29. The molecule has 0 spiro atoms. The fourth-order valence-corrected chi connectivity index (χ4v) is 7.30. The molecule has 6 aromatic rings. The van der Waals surface area contributed by atoms with Gasteiger partial charge in [0.05, 0.1) is 0 Å². The molecule has 6 rings (SSSR count). The number of fused-ring (bicyclic) bond motifs is 2. The standard InChI is InChI=1S/C44H44N2O8S/c1-29(2)39(43(47)51-25-31-15-7-5-8-16-31)45-41-37-21-13-11-19-33(37)23-35(53-41)27-55(49,50)28-36-24-34-20-12-14-22-38(34)42(54-36)46-40(30(3)4)44(48)52-26-32-17-9-6-10-18-32/h5-24,29-30,39-40H,25-28H2,1-4H3/t39-,40-/m0/s1. The molecule has 0 saturated heterocycles. The van der Waals surface area contributed by atoms with Crippen LogP contribution in [0.4, 0.5) is 0 Å². The summed E-state index contributed by atoms with van der Waals surface area (Å²) in [6, 6.07) is 34.9. The van der Waals surface area contributed by atoms with Crippen LogP contribution < -0.4 is 11.1 Å². The average Bonchev–Trinajstić information content (AvgIpc) is 3.17. The van der Waals surface area contributed by atoms with Crippen molar-refractivity contribution in [1.29, 1.82) is 0 Å². The van der Waals surface area contributed by atoms with Gasteiger partial charge in [-0.25, -0.2) is 28.0 Å². The van der Waals surface area contributed by atoms with Crippen molar-refractivity contribution in [2.45, 2.75) is 64.5 Å². The van der Waals surface area contributed by atoms with Crippen molar-refractivity contribution in [3.05, 3.63) is 155 Å². The van der Waals surface area contributed by atoms with E-state index < -0.39 is 45.4 Å². The van der Waals surface area contributed by atoms with Gasteiger partial charge in [-0.1, -0.05) is 125 Å². The fraction of sp³-hybridized carbons (Fsp3) is 0.273. The topological polar surface area (TPSA) is 138 Å². The highest BCUT2D eigenvalue weighted by Gasteiger charge is 2.26. The molecule has 0 aliphatic rings. The molecule has 0 N–H and O–H groups in total. The minimum absolute atomic E-state index is 0.0971. The van der Waals surface area contributed by atoms with E-state index in [1.165, 1.54) is 0 Å². The minimum Gasteiger partial charge on any atom is -0.459 e. The third kappa shape index (κ3) is 10.2. The lowest BCUT2D eigenvalue weighted by Gasteiger charge is -2.16. The Hall–Kier alpha value is -5.81. The first-order chi connectivity index (χ1) is 26.5. The monoisotopic (exact) mass is 760 g/mol. The normalized spacial score (nSPS) is 13.7. The molecule has 10 nitrogen and oxygen atoms in total. The van der Waals surface area contributed by atoms with Gasteiger partial charge in [0.2, 0.25) is 11.1 Å². The van der Waals surface area contributed by atoms with Crippen LogP contribution in [0, 0.1) is 11.8 Å². The Morgan fingerprint density at radius 1 is 0.564 bits per heavy atom. The van der Waals surface area contributed by atoms with Gasteiger partial charge in [0.15, 0.2) is 21.9 Å². The highest BCUT2D eigenvalue weighted by Crippen LogP contribution is 2.20. The van der Waals surface area contributed by atoms with Gasteiger partial charge in [0.25, 0.3) is 0 Å². The highest BCUT2D eigenvalue weighted by molar-refractivity contribution is 7.89. The number of benzene rings is 4. The summed E-state index contributed by atoms with van der Waals surface area (Å²) in [5.74, 6) is -2.16. The summed E-state index contributed by atoms with van der Waals surface area (Å²) in [7, 11) is -3.91. The molecule has 0 saturated carbocycles. The maximum Gasteiger partial charge on any atom is 0.331 e. The Morgan fingerprint density at radius 3 is 1.31 bits per heavy atom. The van der Waals surface area contributed by atoms with Crippen molar-refractivity contribution in [1.82, 2.24) is 0 Å². The van der Waals surface area contributed by atoms with Gasteiger partial charge in [-0.3, -0.25) is 0 Å². The molecule has 0 unspecified atom stereocenters. The molecule has 4 aromatic carbocycles. The number of esters is 2. The smallest absolute Gasteiger partial charge is 0.331 e. The van der Waals surface area contributed by atoms with Crippen LogP contribution in [0.5, 0.6) is 0 Å². The number of ether oxygens (including phenoxy) is 2. The van der Waals surface area contributed by atoms with Crippen LogP contribution in [-0.4, -0.2) is 32.4 Å². The number of carbonyl (C=O) groups is 2. The van der Waals surface area contributed by atoms with Crippen LogP contribution in [0.1, 0.15) is 50.3 Å². The minimum atomic E-state index is -3.91. The maximum absolute atomic E-state index is 13.9. The van der Waals surface area contributed by atoms with Crippen LogP contribution in [-0.2, 0) is 53.6 Å². The third-order valence-electron chi connectivity index (χ3n) is 8.90. The first kappa shape index (κ1) is 38.9. The predicted octanol–water partition coefficient (Wildman–Crippen LogP) is 7.63. The average molecular weight is 761 g/mol. The highest BCUT2D eigenvalue weighted by atomic mass is 32.2. The lowest BCUT2D eigenvalue weighted by molar-refractivity contribution is -0.148. The van der Waals surface area contributed by atoms with Gasteiger partial charge >= 0.3 is 11.9 Å². The Kier molecular flexibility index (Phi) is 12.4. The van der Waals surface area contributed by atoms with Crippen LogP contribution in [0.15, 0.2) is 140 Å². The molecule has 284 valence electrons. The van der Waals surface area contributed by atoms with Crippen LogP contribution in [0.3, 0.4) is 0 Å². The first-order valence-corrected chi connectivity index (χ1v) is 20.0. The Labute approximate surface area is 320 Å². The van der Waals surface area contributed by atoms with Crippen molar-refractivity contribution in [2.75, 3.05) is 0 Å². The molecule has 0 bridgehead atoms. The van der Waals surface area contributed by atoms with E-state index in [0.29, 0.717) is 21.5 Å². The van der Waals surface area contributed by atoms with E-state index in [1.54, 1.807) is 12.1 Å². The predicted molar refractivity (Wildman–Crippen MR) is 210 cm³/mol. The van der Waals surface area contributed by atoms with E-state index in [0.717, 1.165) is 11.1 Å². The summed E-state index contributed by atoms with van der Waals surface area (Å²) >= 11 is 0. The van der Waals surface area contributed by atoms with Crippen molar-refractivity contribution >= 4 is 43.3 Å².